The Bertz CT molecular complexity index is 1450. The van der Waals surface area contributed by atoms with Crippen LogP contribution in [0.5, 0.6) is 0 Å². The molecule has 0 aliphatic carbocycles. The standard InChI is InChI=1S/C29H35F3N6O3/c1-18-15-24-33-16-23-22(38(24)34-18)7-6-13-37(23)21-10-8-19(9-11-21)25(29(30,31)32)35(5)26(39)20-12-14-36(17-20)27(40)41-28(2,3)4/h8-11,15-16,20,25H,6-7,12-14,17H2,1-5H3/t20?,25-/m0/s1. The summed E-state index contributed by atoms with van der Waals surface area (Å²) in [5.74, 6) is -1.39. The molecule has 2 aromatic heterocycles. The average molecular weight is 573 g/mol. The second-order valence-electron chi connectivity index (χ2n) is 11.8. The van der Waals surface area contributed by atoms with Crippen LogP contribution in [0.3, 0.4) is 0 Å². The largest absolute Gasteiger partial charge is 0.444 e. The van der Waals surface area contributed by atoms with Gasteiger partial charge in [0.25, 0.3) is 0 Å². The lowest BCUT2D eigenvalue weighted by Crippen LogP contribution is -2.43. The molecular formula is C29H35F3N6O3. The summed E-state index contributed by atoms with van der Waals surface area (Å²) in [4.78, 5) is 34.3. The molecule has 0 N–H and O–H groups in total. The Hall–Kier alpha value is -3.83. The monoisotopic (exact) mass is 572 g/mol. The Labute approximate surface area is 236 Å². The van der Waals surface area contributed by atoms with Gasteiger partial charge in [-0.1, -0.05) is 12.1 Å². The van der Waals surface area contributed by atoms with Gasteiger partial charge in [-0.2, -0.15) is 18.3 Å². The number of nitrogens with zero attached hydrogens (tertiary/aromatic N) is 6. The van der Waals surface area contributed by atoms with Crippen LogP contribution in [0.2, 0.25) is 0 Å². The zero-order chi connectivity index (χ0) is 29.7. The summed E-state index contributed by atoms with van der Waals surface area (Å²) in [5.41, 5.74) is 3.49. The highest BCUT2D eigenvalue weighted by molar-refractivity contribution is 5.81. The van der Waals surface area contributed by atoms with Gasteiger partial charge in [-0.3, -0.25) is 4.79 Å². The van der Waals surface area contributed by atoms with Gasteiger partial charge in [0, 0.05) is 38.4 Å². The van der Waals surface area contributed by atoms with Crippen LogP contribution in [-0.2, 0) is 16.0 Å². The smallest absolute Gasteiger partial charge is 0.413 e. The molecule has 12 heteroatoms. The number of hydrogen-bond acceptors (Lipinski definition) is 6. The number of hydrogen-bond donors (Lipinski definition) is 0. The number of halogens is 3. The van der Waals surface area contributed by atoms with Crippen molar-refractivity contribution >= 4 is 29.0 Å². The van der Waals surface area contributed by atoms with Crippen molar-refractivity contribution in [2.24, 2.45) is 5.92 Å². The summed E-state index contributed by atoms with van der Waals surface area (Å²) in [6.45, 7) is 8.07. The van der Waals surface area contributed by atoms with Gasteiger partial charge in [0.15, 0.2) is 11.7 Å². The van der Waals surface area contributed by atoms with Crippen molar-refractivity contribution in [1.29, 1.82) is 0 Å². The highest BCUT2D eigenvalue weighted by Crippen LogP contribution is 2.40. The van der Waals surface area contributed by atoms with E-state index in [1.807, 2.05) is 22.4 Å². The van der Waals surface area contributed by atoms with E-state index in [1.165, 1.54) is 24.1 Å². The SMILES string of the molecule is Cc1cc2ncc3c(n2n1)CCCN3c1ccc([C@H](N(C)C(=O)C2CCN(C(=O)OC(C)(C)C)C2)C(F)(F)F)cc1. The molecule has 1 fully saturated rings. The number of fused-ring (bicyclic) bond motifs is 3. The molecule has 9 nitrogen and oxygen atoms in total. The molecule has 220 valence electrons. The Balaban J connectivity index is 1.35. The van der Waals surface area contributed by atoms with Crippen molar-refractivity contribution in [2.75, 3.05) is 31.6 Å². The first kappa shape index (κ1) is 28.7. The summed E-state index contributed by atoms with van der Waals surface area (Å²) >= 11 is 0. The van der Waals surface area contributed by atoms with E-state index >= 15 is 0 Å². The van der Waals surface area contributed by atoms with Crippen LogP contribution in [0.1, 0.15) is 56.6 Å². The lowest BCUT2D eigenvalue weighted by atomic mass is 10.0. The number of benzene rings is 1. The topological polar surface area (TPSA) is 83.3 Å². The van der Waals surface area contributed by atoms with Crippen LogP contribution >= 0.6 is 0 Å². The van der Waals surface area contributed by atoms with E-state index in [1.54, 1.807) is 39.1 Å². The zero-order valence-electron chi connectivity index (χ0n) is 23.9. The van der Waals surface area contributed by atoms with Crippen molar-refractivity contribution in [3.8, 4) is 0 Å². The number of ether oxygens (including phenoxy) is 1. The Morgan fingerprint density at radius 1 is 1.12 bits per heavy atom. The quantitative estimate of drug-likeness (QED) is 0.414. The molecule has 1 saturated heterocycles. The summed E-state index contributed by atoms with van der Waals surface area (Å²) in [5, 5.41) is 4.55. The van der Waals surface area contributed by atoms with Gasteiger partial charge in [-0.15, -0.1) is 0 Å². The van der Waals surface area contributed by atoms with Gasteiger partial charge in [-0.25, -0.2) is 14.3 Å². The fourth-order valence-electron chi connectivity index (χ4n) is 5.68. The number of aromatic nitrogens is 3. The number of carbonyl (C=O) groups excluding carboxylic acids is 2. The Morgan fingerprint density at radius 3 is 2.49 bits per heavy atom. The summed E-state index contributed by atoms with van der Waals surface area (Å²) in [6.07, 6.45) is -1.53. The van der Waals surface area contributed by atoms with Gasteiger partial charge in [0.2, 0.25) is 5.91 Å². The normalized spacial score (nSPS) is 18.4. The lowest BCUT2D eigenvalue weighted by Gasteiger charge is -2.33. The zero-order valence-corrected chi connectivity index (χ0v) is 23.9. The highest BCUT2D eigenvalue weighted by atomic mass is 19.4. The fraction of sp³-hybridized carbons (Fsp3) is 0.517. The van der Waals surface area contributed by atoms with Gasteiger partial charge >= 0.3 is 12.3 Å². The molecule has 2 aliphatic rings. The number of aryl methyl sites for hydroxylation is 2. The highest BCUT2D eigenvalue weighted by Gasteiger charge is 2.47. The minimum absolute atomic E-state index is 0.0209. The van der Waals surface area contributed by atoms with Crippen LogP contribution in [-0.4, -0.2) is 74.9 Å². The number of amides is 2. The van der Waals surface area contributed by atoms with E-state index in [4.69, 9.17) is 4.74 Å². The maximum absolute atomic E-state index is 14.4. The molecule has 2 amide bonds. The van der Waals surface area contributed by atoms with Crippen molar-refractivity contribution in [2.45, 2.75) is 64.8 Å². The third-order valence-corrected chi connectivity index (χ3v) is 7.52. The van der Waals surface area contributed by atoms with E-state index in [2.05, 4.69) is 10.1 Å². The van der Waals surface area contributed by atoms with E-state index in [0.29, 0.717) is 6.54 Å². The molecule has 1 unspecified atom stereocenters. The molecular weight excluding hydrogens is 537 g/mol. The third kappa shape index (κ3) is 5.82. The minimum atomic E-state index is -4.69. The van der Waals surface area contributed by atoms with Gasteiger partial charge in [-0.05, 0) is 64.7 Å². The fourth-order valence-corrected chi connectivity index (χ4v) is 5.68. The van der Waals surface area contributed by atoms with E-state index < -0.39 is 35.7 Å². The van der Waals surface area contributed by atoms with Crippen LogP contribution in [0.15, 0.2) is 36.5 Å². The first-order chi connectivity index (χ1) is 19.2. The van der Waals surface area contributed by atoms with Gasteiger partial charge < -0.3 is 19.4 Å². The van der Waals surface area contributed by atoms with Crippen LogP contribution in [0.25, 0.3) is 5.65 Å². The number of likely N-dealkylation sites (tertiary alicyclic amines) is 1. The van der Waals surface area contributed by atoms with Gasteiger partial charge in [0.05, 0.1) is 29.2 Å². The Morgan fingerprint density at radius 2 is 1.83 bits per heavy atom. The number of anilines is 2. The van der Waals surface area contributed by atoms with E-state index in [9.17, 15) is 22.8 Å². The first-order valence-corrected chi connectivity index (χ1v) is 13.8. The van der Waals surface area contributed by atoms with Crippen LogP contribution in [0.4, 0.5) is 29.3 Å². The van der Waals surface area contributed by atoms with Crippen molar-refractivity contribution in [3.05, 3.63) is 53.5 Å². The maximum atomic E-state index is 14.4. The summed E-state index contributed by atoms with van der Waals surface area (Å²) in [6, 6.07) is 5.94. The molecule has 4 heterocycles. The average Bonchev–Trinajstić information content (AvgIpc) is 3.53. The molecule has 2 atom stereocenters. The second kappa shape index (κ2) is 10.5. The number of alkyl halides is 3. The van der Waals surface area contributed by atoms with Crippen molar-refractivity contribution in [3.63, 3.8) is 0 Å². The molecule has 0 spiro atoms. The van der Waals surface area contributed by atoms with Crippen molar-refractivity contribution < 1.29 is 27.5 Å². The first-order valence-electron chi connectivity index (χ1n) is 13.8. The third-order valence-electron chi connectivity index (χ3n) is 7.52. The molecule has 5 rings (SSSR count). The minimum Gasteiger partial charge on any atom is -0.444 e. The summed E-state index contributed by atoms with van der Waals surface area (Å²) < 4.78 is 50.4. The van der Waals surface area contributed by atoms with E-state index in [-0.39, 0.29) is 25.1 Å². The molecule has 2 aliphatic heterocycles. The predicted molar refractivity (Wildman–Crippen MR) is 147 cm³/mol. The maximum Gasteiger partial charge on any atom is 0.413 e. The number of rotatable bonds is 4. The van der Waals surface area contributed by atoms with Gasteiger partial charge in [0.1, 0.15) is 5.60 Å². The van der Waals surface area contributed by atoms with Crippen LogP contribution in [0, 0.1) is 12.8 Å². The van der Waals surface area contributed by atoms with Crippen LogP contribution < -0.4 is 4.90 Å². The molecule has 0 bridgehead atoms. The predicted octanol–water partition coefficient (Wildman–Crippen LogP) is 5.44. The lowest BCUT2D eigenvalue weighted by molar-refractivity contribution is -0.190. The molecule has 0 radical (unpaired) electrons. The summed E-state index contributed by atoms with van der Waals surface area (Å²) in [7, 11) is 1.18. The molecule has 3 aromatic rings. The number of carbonyl (C=O) groups is 2. The Kier molecular flexibility index (Phi) is 7.37. The second-order valence-corrected chi connectivity index (χ2v) is 11.8. The molecule has 0 saturated carbocycles. The molecule has 1 aromatic carbocycles. The van der Waals surface area contributed by atoms with E-state index in [0.717, 1.165) is 46.2 Å². The van der Waals surface area contributed by atoms with Crippen molar-refractivity contribution in [1.82, 2.24) is 24.4 Å². The molecule has 41 heavy (non-hydrogen) atoms.